The molecule has 0 rings (SSSR count). The van der Waals surface area contributed by atoms with Gasteiger partial charge in [-0.1, -0.05) is 58.8 Å². The number of ether oxygens (including phenoxy) is 1. The zero-order valence-electron chi connectivity index (χ0n) is 11.2. The molecule has 0 bridgehead atoms. The van der Waals surface area contributed by atoms with Gasteiger partial charge in [-0.05, 0) is 12.3 Å². The number of unbranched alkanes of at least 4 members (excludes halogenated alkanes) is 4. The molecule has 0 aromatic rings. The molecule has 0 aliphatic carbocycles. The van der Waals surface area contributed by atoms with Crippen LogP contribution in [0, 0.1) is 5.92 Å². The number of hydrogen-bond donors (Lipinski definition) is 1. The Bertz CT molecular complexity index is 126. The molecule has 1 atom stereocenters. The number of rotatable bonds is 12. The Kier molecular flexibility index (Phi) is 12.9. The van der Waals surface area contributed by atoms with Gasteiger partial charge in [0, 0.05) is 6.61 Å². The van der Waals surface area contributed by atoms with Gasteiger partial charge in [-0.2, -0.15) is 0 Å². The summed E-state index contributed by atoms with van der Waals surface area (Å²) in [6, 6.07) is 0. The summed E-state index contributed by atoms with van der Waals surface area (Å²) in [5, 5.41) is 8.59. The van der Waals surface area contributed by atoms with Crippen molar-refractivity contribution in [1.29, 1.82) is 0 Å². The van der Waals surface area contributed by atoms with Crippen LogP contribution in [-0.4, -0.2) is 24.9 Å². The molecule has 0 saturated carbocycles. The van der Waals surface area contributed by atoms with E-state index in [1.807, 2.05) is 0 Å². The zero-order chi connectivity index (χ0) is 12.1. The molecule has 0 aliphatic heterocycles. The Hall–Kier alpha value is -0.0800. The van der Waals surface area contributed by atoms with Crippen molar-refractivity contribution in [2.75, 3.05) is 19.8 Å². The first-order valence-electron chi connectivity index (χ1n) is 7.03. The molecule has 1 N–H and O–H groups in total. The number of hydrogen-bond acceptors (Lipinski definition) is 2. The maximum atomic E-state index is 8.59. The average Bonchev–Trinajstić information content (AvgIpc) is 2.31. The summed E-state index contributed by atoms with van der Waals surface area (Å²) in [5.74, 6) is 0.820. The lowest BCUT2D eigenvalue weighted by molar-refractivity contribution is 0.0816. The van der Waals surface area contributed by atoms with Gasteiger partial charge in [0.1, 0.15) is 0 Å². The average molecular weight is 230 g/mol. The maximum absolute atomic E-state index is 8.59. The fraction of sp³-hybridized carbons (Fsp3) is 1.00. The third kappa shape index (κ3) is 10.4. The first-order valence-corrected chi connectivity index (χ1v) is 7.03. The summed E-state index contributed by atoms with van der Waals surface area (Å²) in [6.07, 6.45) is 10.6. The van der Waals surface area contributed by atoms with Crippen LogP contribution in [0.5, 0.6) is 0 Å². The highest BCUT2D eigenvalue weighted by molar-refractivity contribution is 4.57. The standard InChI is InChI=1S/C14H30O2/c1-3-5-6-7-8-9-14(4-2)10-12-16-13-11-15/h14-15H,3-13H2,1-2H3. The topological polar surface area (TPSA) is 29.5 Å². The molecule has 0 aliphatic rings. The van der Waals surface area contributed by atoms with Crippen LogP contribution in [0.1, 0.15) is 65.2 Å². The highest BCUT2D eigenvalue weighted by Crippen LogP contribution is 2.18. The Labute approximate surface area is 101 Å². The van der Waals surface area contributed by atoms with E-state index in [1.165, 1.54) is 44.9 Å². The Morgan fingerprint density at radius 2 is 1.69 bits per heavy atom. The highest BCUT2D eigenvalue weighted by Gasteiger charge is 2.05. The molecule has 2 heteroatoms. The highest BCUT2D eigenvalue weighted by atomic mass is 16.5. The minimum Gasteiger partial charge on any atom is -0.394 e. The van der Waals surface area contributed by atoms with Crippen molar-refractivity contribution in [3.8, 4) is 0 Å². The van der Waals surface area contributed by atoms with E-state index in [4.69, 9.17) is 9.84 Å². The van der Waals surface area contributed by atoms with Crippen LogP contribution in [0.3, 0.4) is 0 Å². The van der Waals surface area contributed by atoms with Gasteiger partial charge in [0.15, 0.2) is 0 Å². The van der Waals surface area contributed by atoms with E-state index in [9.17, 15) is 0 Å². The Morgan fingerprint density at radius 3 is 2.31 bits per heavy atom. The van der Waals surface area contributed by atoms with Crippen LogP contribution in [-0.2, 0) is 4.74 Å². The van der Waals surface area contributed by atoms with Crippen LogP contribution in [0.15, 0.2) is 0 Å². The molecule has 0 aromatic heterocycles. The number of aliphatic hydroxyl groups is 1. The van der Waals surface area contributed by atoms with Gasteiger partial charge in [-0.25, -0.2) is 0 Å². The van der Waals surface area contributed by atoms with Gasteiger partial charge in [-0.3, -0.25) is 0 Å². The van der Waals surface area contributed by atoms with Crippen molar-refractivity contribution in [3.63, 3.8) is 0 Å². The van der Waals surface area contributed by atoms with Gasteiger partial charge in [0.05, 0.1) is 13.2 Å². The second-order valence-electron chi connectivity index (χ2n) is 4.60. The second kappa shape index (κ2) is 13.0. The summed E-state index contributed by atoms with van der Waals surface area (Å²) >= 11 is 0. The minimum absolute atomic E-state index is 0.147. The summed E-state index contributed by atoms with van der Waals surface area (Å²) in [6.45, 7) is 5.98. The lowest BCUT2D eigenvalue weighted by atomic mass is 9.95. The van der Waals surface area contributed by atoms with E-state index < -0.39 is 0 Å². The van der Waals surface area contributed by atoms with Crippen molar-refractivity contribution in [1.82, 2.24) is 0 Å². The third-order valence-corrected chi connectivity index (χ3v) is 3.20. The minimum atomic E-state index is 0.147. The van der Waals surface area contributed by atoms with Gasteiger partial charge in [0.2, 0.25) is 0 Å². The first kappa shape index (κ1) is 15.9. The quantitative estimate of drug-likeness (QED) is 0.517. The second-order valence-corrected chi connectivity index (χ2v) is 4.60. The fourth-order valence-corrected chi connectivity index (χ4v) is 2.01. The molecule has 16 heavy (non-hydrogen) atoms. The molecular formula is C14H30O2. The van der Waals surface area contributed by atoms with E-state index in [-0.39, 0.29) is 6.61 Å². The molecule has 98 valence electrons. The predicted octanol–water partition coefficient (Wildman–Crippen LogP) is 3.77. The summed E-state index contributed by atoms with van der Waals surface area (Å²) < 4.78 is 5.31. The van der Waals surface area contributed by atoms with E-state index in [0.29, 0.717) is 6.61 Å². The molecule has 0 heterocycles. The first-order chi connectivity index (χ1) is 7.85. The van der Waals surface area contributed by atoms with Crippen LogP contribution in [0.2, 0.25) is 0 Å². The molecule has 0 radical (unpaired) electrons. The third-order valence-electron chi connectivity index (χ3n) is 3.20. The monoisotopic (exact) mass is 230 g/mol. The van der Waals surface area contributed by atoms with E-state index >= 15 is 0 Å². The van der Waals surface area contributed by atoms with Crippen LogP contribution in [0.25, 0.3) is 0 Å². The van der Waals surface area contributed by atoms with Crippen molar-refractivity contribution in [3.05, 3.63) is 0 Å². The van der Waals surface area contributed by atoms with Gasteiger partial charge < -0.3 is 9.84 Å². The van der Waals surface area contributed by atoms with Gasteiger partial charge in [-0.15, -0.1) is 0 Å². The van der Waals surface area contributed by atoms with Crippen molar-refractivity contribution >= 4 is 0 Å². The molecule has 0 fully saturated rings. The van der Waals surface area contributed by atoms with Gasteiger partial charge in [0.25, 0.3) is 0 Å². The van der Waals surface area contributed by atoms with Crippen LogP contribution in [0.4, 0.5) is 0 Å². The summed E-state index contributed by atoms with van der Waals surface area (Å²) in [4.78, 5) is 0. The molecule has 1 unspecified atom stereocenters. The molecule has 0 spiro atoms. The maximum Gasteiger partial charge on any atom is 0.0697 e. The molecule has 0 saturated heterocycles. The Balaban J connectivity index is 3.29. The zero-order valence-corrected chi connectivity index (χ0v) is 11.2. The smallest absolute Gasteiger partial charge is 0.0697 e. The lowest BCUT2D eigenvalue weighted by Crippen LogP contribution is -2.07. The normalized spacial score (nSPS) is 12.9. The largest absolute Gasteiger partial charge is 0.394 e. The predicted molar refractivity (Wildman–Crippen MR) is 69.7 cm³/mol. The van der Waals surface area contributed by atoms with Crippen molar-refractivity contribution in [2.24, 2.45) is 5.92 Å². The summed E-state index contributed by atoms with van der Waals surface area (Å²) in [7, 11) is 0. The van der Waals surface area contributed by atoms with E-state index in [1.54, 1.807) is 0 Å². The fourth-order valence-electron chi connectivity index (χ4n) is 2.01. The molecule has 0 aromatic carbocycles. The van der Waals surface area contributed by atoms with Crippen LogP contribution < -0.4 is 0 Å². The number of aliphatic hydroxyl groups excluding tert-OH is 1. The Morgan fingerprint density at radius 1 is 0.938 bits per heavy atom. The summed E-state index contributed by atoms with van der Waals surface area (Å²) in [5.41, 5.74) is 0. The van der Waals surface area contributed by atoms with Crippen molar-refractivity contribution in [2.45, 2.75) is 65.2 Å². The van der Waals surface area contributed by atoms with Crippen molar-refractivity contribution < 1.29 is 9.84 Å². The molecule has 0 amide bonds. The lowest BCUT2D eigenvalue weighted by Gasteiger charge is -2.14. The van der Waals surface area contributed by atoms with Gasteiger partial charge >= 0.3 is 0 Å². The SMILES string of the molecule is CCCCCCCC(CC)CCOCCO. The molecule has 2 nitrogen and oxygen atoms in total. The van der Waals surface area contributed by atoms with Crippen LogP contribution >= 0.6 is 0 Å². The van der Waals surface area contributed by atoms with E-state index in [2.05, 4.69) is 13.8 Å². The molecular weight excluding hydrogens is 200 g/mol. The van der Waals surface area contributed by atoms with E-state index in [0.717, 1.165) is 18.9 Å².